The molecule has 0 unspecified atom stereocenters. The van der Waals surface area contributed by atoms with Gasteiger partial charge in [-0.3, -0.25) is 9.98 Å². The molecule has 0 saturated carbocycles. The van der Waals surface area contributed by atoms with Crippen LogP contribution in [0.2, 0.25) is 0 Å². The summed E-state index contributed by atoms with van der Waals surface area (Å²) < 4.78 is 2.04. The number of aliphatic imine (C=N–C) groups is 2. The minimum Gasteiger partial charge on any atom is -0.306 e. The molecule has 0 bridgehead atoms. The van der Waals surface area contributed by atoms with E-state index in [0.29, 0.717) is 18.8 Å². The number of halogens is 2. The molecule has 0 heterocycles. The number of nitrogens with one attached hydrogen (secondary N) is 1. The van der Waals surface area contributed by atoms with E-state index in [1.54, 1.807) is 12.4 Å². The number of hydrogen-bond acceptors (Lipinski definition) is 3. The third-order valence-corrected chi connectivity index (χ3v) is 3.73. The zero-order valence-corrected chi connectivity index (χ0v) is 15.0. The summed E-state index contributed by atoms with van der Waals surface area (Å²) >= 11 is 6.84. The second kappa shape index (κ2) is 8.76. The van der Waals surface area contributed by atoms with Crippen molar-refractivity contribution < 1.29 is 0 Å². The van der Waals surface area contributed by atoms with Crippen LogP contribution in [0.1, 0.15) is 11.1 Å². The maximum atomic E-state index is 7.86. The van der Waals surface area contributed by atoms with Crippen molar-refractivity contribution in [1.82, 2.24) is 0 Å². The Hall–Kier alpha value is -1.59. The summed E-state index contributed by atoms with van der Waals surface area (Å²) in [4.78, 5) is 8.54. The normalized spacial score (nSPS) is 11.4. The number of hydrogen-bond donors (Lipinski definition) is 1. The molecule has 0 aliphatic carbocycles. The molecule has 0 saturated heterocycles. The SMILES string of the molecule is N=C(CN=Cc1cccc(Br)c1)CN=Cc1cccc(Br)c1. The molecule has 22 heavy (non-hydrogen) atoms. The third-order valence-electron chi connectivity index (χ3n) is 2.74. The second-order valence-electron chi connectivity index (χ2n) is 4.65. The molecule has 112 valence electrons. The molecule has 0 atom stereocenters. The van der Waals surface area contributed by atoms with Crippen molar-refractivity contribution in [1.29, 1.82) is 5.41 Å². The highest BCUT2D eigenvalue weighted by atomic mass is 79.9. The van der Waals surface area contributed by atoms with E-state index in [9.17, 15) is 0 Å². The van der Waals surface area contributed by atoms with Crippen LogP contribution < -0.4 is 0 Å². The van der Waals surface area contributed by atoms with Crippen LogP contribution in [0.25, 0.3) is 0 Å². The van der Waals surface area contributed by atoms with E-state index in [1.165, 1.54) is 0 Å². The standard InChI is InChI=1S/C17H15Br2N3/c18-15-5-1-3-13(7-15)9-21-11-17(20)12-22-10-14-4-2-6-16(19)8-14/h1-10,20H,11-12H2. The molecule has 0 spiro atoms. The van der Waals surface area contributed by atoms with E-state index < -0.39 is 0 Å². The smallest absolute Gasteiger partial charge is 0.0784 e. The van der Waals surface area contributed by atoms with Crippen LogP contribution >= 0.6 is 31.9 Å². The highest BCUT2D eigenvalue weighted by Crippen LogP contribution is 2.10. The molecule has 0 amide bonds. The summed E-state index contributed by atoms with van der Waals surface area (Å²) in [6.07, 6.45) is 3.55. The Bertz CT molecular complexity index is 649. The molecule has 0 aliphatic rings. The predicted octanol–water partition coefficient (Wildman–Crippen LogP) is 4.77. The largest absolute Gasteiger partial charge is 0.306 e. The molecular formula is C17H15Br2N3. The van der Waals surface area contributed by atoms with Gasteiger partial charge in [-0.25, -0.2) is 0 Å². The third kappa shape index (κ3) is 6.03. The van der Waals surface area contributed by atoms with Crippen LogP contribution in [0.5, 0.6) is 0 Å². The van der Waals surface area contributed by atoms with E-state index in [-0.39, 0.29) is 0 Å². The van der Waals surface area contributed by atoms with Gasteiger partial charge in [-0.1, -0.05) is 56.1 Å². The topological polar surface area (TPSA) is 48.6 Å². The molecule has 5 heteroatoms. The first kappa shape index (κ1) is 16.8. The van der Waals surface area contributed by atoms with Crippen LogP contribution in [0.4, 0.5) is 0 Å². The summed E-state index contributed by atoms with van der Waals surface area (Å²) in [6, 6.07) is 15.8. The lowest BCUT2D eigenvalue weighted by molar-refractivity contribution is 1.17. The van der Waals surface area contributed by atoms with Crippen LogP contribution in [0.15, 0.2) is 67.5 Å². The van der Waals surface area contributed by atoms with Crippen LogP contribution in [0, 0.1) is 5.41 Å². The van der Waals surface area contributed by atoms with Crippen molar-refractivity contribution in [3.8, 4) is 0 Å². The Morgan fingerprint density at radius 2 is 1.32 bits per heavy atom. The lowest BCUT2D eigenvalue weighted by Crippen LogP contribution is -2.06. The van der Waals surface area contributed by atoms with Gasteiger partial charge in [0.15, 0.2) is 0 Å². The van der Waals surface area contributed by atoms with Gasteiger partial charge in [0.05, 0.1) is 18.8 Å². The monoisotopic (exact) mass is 419 g/mol. The molecule has 0 aromatic heterocycles. The Morgan fingerprint density at radius 1 is 0.864 bits per heavy atom. The average Bonchev–Trinajstić information content (AvgIpc) is 2.47. The first-order valence-corrected chi connectivity index (χ1v) is 8.29. The first-order chi connectivity index (χ1) is 10.6. The van der Waals surface area contributed by atoms with E-state index in [0.717, 1.165) is 20.1 Å². The fourth-order valence-corrected chi connectivity index (χ4v) is 2.58. The van der Waals surface area contributed by atoms with Gasteiger partial charge in [0.25, 0.3) is 0 Å². The van der Waals surface area contributed by atoms with E-state index in [1.807, 2.05) is 48.5 Å². The van der Waals surface area contributed by atoms with Crippen LogP contribution in [-0.2, 0) is 0 Å². The van der Waals surface area contributed by atoms with Crippen molar-refractivity contribution >= 4 is 50.0 Å². The lowest BCUT2D eigenvalue weighted by Gasteiger charge is -1.97. The molecule has 0 radical (unpaired) electrons. The number of rotatable bonds is 6. The molecule has 2 rings (SSSR count). The van der Waals surface area contributed by atoms with Crippen molar-refractivity contribution in [3.63, 3.8) is 0 Å². The Labute approximate surface area is 147 Å². The fraction of sp³-hybridized carbons (Fsp3) is 0.118. The predicted molar refractivity (Wildman–Crippen MR) is 101 cm³/mol. The summed E-state index contributed by atoms with van der Waals surface area (Å²) in [6.45, 7) is 0.727. The molecule has 1 N–H and O–H groups in total. The van der Waals surface area contributed by atoms with Crippen LogP contribution in [0.3, 0.4) is 0 Å². The van der Waals surface area contributed by atoms with E-state index in [2.05, 4.69) is 41.8 Å². The fourth-order valence-electron chi connectivity index (χ4n) is 1.75. The van der Waals surface area contributed by atoms with Gasteiger partial charge >= 0.3 is 0 Å². The van der Waals surface area contributed by atoms with Gasteiger partial charge in [-0.05, 0) is 35.4 Å². The zero-order valence-electron chi connectivity index (χ0n) is 11.8. The maximum Gasteiger partial charge on any atom is 0.0784 e. The van der Waals surface area contributed by atoms with E-state index in [4.69, 9.17) is 5.41 Å². The number of nitrogens with zero attached hydrogens (tertiary/aromatic N) is 2. The maximum absolute atomic E-state index is 7.86. The van der Waals surface area contributed by atoms with E-state index >= 15 is 0 Å². The lowest BCUT2D eigenvalue weighted by atomic mass is 10.2. The van der Waals surface area contributed by atoms with Crippen molar-refractivity contribution in [2.24, 2.45) is 9.98 Å². The molecule has 2 aromatic carbocycles. The van der Waals surface area contributed by atoms with Crippen molar-refractivity contribution in [2.45, 2.75) is 0 Å². The highest BCUT2D eigenvalue weighted by molar-refractivity contribution is 9.10. The molecular weight excluding hydrogens is 406 g/mol. The minimum absolute atomic E-state index is 0.363. The van der Waals surface area contributed by atoms with Gasteiger partial charge < -0.3 is 5.41 Å². The summed E-state index contributed by atoms with van der Waals surface area (Å²) in [7, 11) is 0. The van der Waals surface area contributed by atoms with Crippen molar-refractivity contribution in [3.05, 3.63) is 68.6 Å². The zero-order chi connectivity index (χ0) is 15.8. The van der Waals surface area contributed by atoms with Gasteiger partial charge in [0, 0.05) is 21.4 Å². The first-order valence-electron chi connectivity index (χ1n) is 6.70. The summed E-state index contributed by atoms with van der Waals surface area (Å²) in [5.74, 6) is 0. The molecule has 2 aromatic rings. The van der Waals surface area contributed by atoms with Gasteiger partial charge in [0.1, 0.15) is 0 Å². The number of benzene rings is 2. The quantitative estimate of drug-likeness (QED) is 0.654. The highest BCUT2D eigenvalue weighted by Gasteiger charge is 1.94. The van der Waals surface area contributed by atoms with Crippen LogP contribution in [-0.4, -0.2) is 31.2 Å². The molecule has 0 aliphatic heterocycles. The van der Waals surface area contributed by atoms with Crippen molar-refractivity contribution in [2.75, 3.05) is 13.1 Å². The van der Waals surface area contributed by atoms with Gasteiger partial charge in [-0.15, -0.1) is 0 Å². The Balaban J connectivity index is 1.81. The summed E-state index contributed by atoms with van der Waals surface area (Å²) in [5.41, 5.74) is 2.51. The second-order valence-corrected chi connectivity index (χ2v) is 6.48. The average molecular weight is 421 g/mol. The summed E-state index contributed by atoms with van der Waals surface area (Å²) in [5, 5.41) is 7.86. The Kier molecular flexibility index (Phi) is 6.68. The molecule has 3 nitrogen and oxygen atoms in total. The molecule has 0 fully saturated rings. The van der Waals surface area contributed by atoms with Gasteiger partial charge in [-0.2, -0.15) is 0 Å². The minimum atomic E-state index is 0.363. The Morgan fingerprint density at radius 3 is 1.73 bits per heavy atom. The van der Waals surface area contributed by atoms with Gasteiger partial charge in [0.2, 0.25) is 0 Å².